The Morgan fingerprint density at radius 2 is 1.19 bits per heavy atom. The van der Waals surface area contributed by atoms with Gasteiger partial charge >= 0.3 is 0 Å². The van der Waals surface area contributed by atoms with E-state index < -0.39 is 0 Å². The van der Waals surface area contributed by atoms with E-state index in [2.05, 4.69) is 111 Å². The first-order valence-corrected chi connectivity index (χ1v) is 14.7. The minimum Gasteiger partial charge on any atom is -0.0767 e. The summed E-state index contributed by atoms with van der Waals surface area (Å²) in [4.78, 5) is 0. The molecule has 4 fully saturated rings. The van der Waals surface area contributed by atoms with Crippen molar-refractivity contribution in [2.45, 2.75) is 57.3 Å². The minimum atomic E-state index is 0.0880. The van der Waals surface area contributed by atoms with Crippen molar-refractivity contribution in [2.75, 3.05) is 0 Å². The average molecular weight is 483 g/mol. The fraction of sp³-hybridized carbons (Fsp3) is 0.405. The summed E-state index contributed by atoms with van der Waals surface area (Å²) in [6.45, 7) is 5.05. The molecule has 9 rings (SSSR count). The highest BCUT2D eigenvalue weighted by atomic mass is 14.6. The predicted molar refractivity (Wildman–Crippen MR) is 153 cm³/mol. The normalized spacial score (nSPS) is 33.5. The van der Waals surface area contributed by atoms with Crippen LogP contribution < -0.4 is 0 Å². The molecule has 3 aromatic carbocycles. The van der Waals surface area contributed by atoms with E-state index in [-0.39, 0.29) is 10.8 Å². The maximum absolute atomic E-state index is 2.73. The maximum Gasteiger partial charge on any atom is 0.0256 e. The van der Waals surface area contributed by atoms with Crippen molar-refractivity contribution in [3.05, 3.63) is 119 Å². The van der Waals surface area contributed by atoms with Crippen LogP contribution in [0, 0.1) is 35.0 Å². The van der Waals surface area contributed by atoms with Gasteiger partial charge in [0.15, 0.2) is 0 Å². The summed E-state index contributed by atoms with van der Waals surface area (Å²) in [5.41, 5.74) is 9.42. The lowest BCUT2D eigenvalue weighted by Crippen LogP contribution is -2.56. The number of rotatable bonds is 4. The van der Waals surface area contributed by atoms with Crippen molar-refractivity contribution < 1.29 is 0 Å². The third-order valence-electron chi connectivity index (χ3n) is 11.4. The molecule has 4 saturated carbocycles. The van der Waals surface area contributed by atoms with Gasteiger partial charge in [0, 0.05) is 17.3 Å². The van der Waals surface area contributed by atoms with E-state index in [9.17, 15) is 0 Å². The highest BCUT2D eigenvalue weighted by molar-refractivity contribution is 5.79. The summed E-state index contributed by atoms with van der Waals surface area (Å²) in [5, 5.41) is 0. The van der Waals surface area contributed by atoms with Gasteiger partial charge in [0.2, 0.25) is 0 Å². The van der Waals surface area contributed by atoms with Gasteiger partial charge in [0.25, 0.3) is 0 Å². The standard InChI is InChI=1S/C37H38/c1-36(2,35-33-14-8-6-12-31(33)32-13-7-9-15-34(32)35)27-16-17-28(23-27)37(26-10-4-3-5-11-26)29-19-24-18-25(21-29)22-30(37)20-24/h3-17,23-25,27,29-30,35H,18-22H2,1-2H3. The molecule has 0 N–H and O–H groups in total. The van der Waals surface area contributed by atoms with E-state index in [0.29, 0.717) is 11.8 Å². The minimum absolute atomic E-state index is 0.0880. The molecule has 6 aliphatic carbocycles. The van der Waals surface area contributed by atoms with Gasteiger partial charge in [-0.1, -0.05) is 111 Å². The lowest BCUT2D eigenvalue weighted by molar-refractivity contribution is -0.0422. The molecule has 0 aromatic heterocycles. The van der Waals surface area contributed by atoms with Gasteiger partial charge in [-0.3, -0.25) is 0 Å². The first-order valence-electron chi connectivity index (χ1n) is 14.7. The van der Waals surface area contributed by atoms with Crippen LogP contribution in [0.1, 0.15) is 68.6 Å². The van der Waals surface area contributed by atoms with Crippen molar-refractivity contribution >= 4 is 0 Å². The molecular formula is C37H38. The molecule has 4 bridgehead atoms. The Hall–Kier alpha value is -2.86. The Kier molecular flexibility index (Phi) is 4.69. The molecule has 0 heterocycles. The number of hydrogen-bond donors (Lipinski definition) is 0. The van der Waals surface area contributed by atoms with Crippen LogP contribution in [0.15, 0.2) is 103 Å². The largest absolute Gasteiger partial charge is 0.0767 e. The predicted octanol–water partition coefficient (Wildman–Crippen LogP) is 9.33. The first-order chi connectivity index (χ1) is 18.1. The highest BCUT2D eigenvalue weighted by Gasteiger charge is 2.59. The fourth-order valence-electron chi connectivity index (χ4n) is 10.2. The van der Waals surface area contributed by atoms with Crippen molar-refractivity contribution in [1.29, 1.82) is 0 Å². The van der Waals surface area contributed by atoms with E-state index in [1.807, 2.05) is 0 Å². The number of allylic oxidation sites excluding steroid dienone is 4. The number of benzene rings is 3. The Morgan fingerprint density at radius 3 is 1.78 bits per heavy atom. The molecule has 0 nitrogen and oxygen atoms in total. The summed E-state index contributed by atoms with van der Waals surface area (Å²) in [7, 11) is 0. The molecule has 0 spiro atoms. The molecular weight excluding hydrogens is 444 g/mol. The molecule has 37 heavy (non-hydrogen) atoms. The summed E-state index contributed by atoms with van der Waals surface area (Å²) < 4.78 is 0. The fourth-order valence-corrected chi connectivity index (χ4v) is 10.2. The van der Waals surface area contributed by atoms with E-state index >= 15 is 0 Å². The summed E-state index contributed by atoms with van der Waals surface area (Å²) >= 11 is 0. The summed E-state index contributed by atoms with van der Waals surface area (Å²) in [5.74, 6) is 4.41. The van der Waals surface area contributed by atoms with Crippen molar-refractivity contribution in [3.8, 4) is 11.1 Å². The zero-order valence-corrected chi connectivity index (χ0v) is 22.2. The molecule has 0 saturated heterocycles. The van der Waals surface area contributed by atoms with Gasteiger partial charge in [-0.2, -0.15) is 0 Å². The van der Waals surface area contributed by atoms with Gasteiger partial charge in [-0.25, -0.2) is 0 Å². The molecule has 0 aliphatic heterocycles. The number of hydrogen-bond acceptors (Lipinski definition) is 0. The average Bonchev–Trinajstić information content (AvgIpc) is 3.54. The Bertz CT molecular complexity index is 1340. The van der Waals surface area contributed by atoms with Crippen LogP contribution in [0.5, 0.6) is 0 Å². The molecule has 3 aromatic rings. The highest BCUT2D eigenvalue weighted by Crippen LogP contribution is 2.67. The van der Waals surface area contributed by atoms with Gasteiger partial charge in [0.1, 0.15) is 0 Å². The second kappa shape index (κ2) is 7.83. The molecule has 0 radical (unpaired) electrons. The second-order valence-electron chi connectivity index (χ2n) is 13.5. The van der Waals surface area contributed by atoms with Crippen molar-refractivity contribution in [1.82, 2.24) is 0 Å². The monoisotopic (exact) mass is 482 g/mol. The van der Waals surface area contributed by atoms with Crippen molar-refractivity contribution in [2.24, 2.45) is 35.0 Å². The summed E-state index contributed by atoms with van der Waals surface area (Å²) in [6, 6.07) is 30.0. The second-order valence-corrected chi connectivity index (χ2v) is 13.5. The van der Waals surface area contributed by atoms with Gasteiger partial charge in [-0.05, 0) is 94.6 Å². The van der Waals surface area contributed by atoms with Crippen LogP contribution in [-0.4, -0.2) is 0 Å². The van der Waals surface area contributed by atoms with Gasteiger partial charge in [0.05, 0.1) is 0 Å². The lowest BCUT2D eigenvalue weighted by atomic mass is 9.42. The van der Waals surface area contributed by atoms with E-state index in [4.69, 9.17) is 0 Å². The van der Waals surface area contributed by atoms with Crippen molar-refractivity contribution in [3.63, 3.8) is 0 Å². The summed E-state index contributed by atoms with van der Waals surface area (Å²) in [6.07, 6.45) is 15.1. The van der Waals surface area contributed by atoms with E-state index in [1.165, 1.54) is 54.4 Å². The Morgan fingerprint density at radius 1 is 0.649 bits per heavy atom. The molecule has 186 valence electrons. The lowest BCUT2D eigenvalue weighted by Gasteiger charge is -2.62. The first kappa shape index (κ1) is 22.2. The van der Waals surface area contributed by atoms with Crippen LogP contribution in [0.2, 0.25) is 0 Å². The topological polar surface area (TPSA) is 0 Å². The van der Waals surface area contributed by atoms with Crippen LogP contribution in [-0.2, 0) is 5.41 Å². The van der Waals surface area contributed by atoms with Crippen LogP contribution in [0.4, 0.5) is 0 Å². The quantitative estimate of drug-likeness (QED) is 0.347. The molecule has 0 heteroatoms. The zero-order valence-electron chi connectivity index (χ0n) is 22.2. The van der Waals surface area contributed by atoms with Crippen LogP contribution >= 0.6 is 0 Å². The molecule has 6 aliphatic rings. The van der Waals surface area contributed by atoms with Gasteiger partial charge in [-0.15, -0.1) is 0 Å². The van der Waals surface area contributed by atoms with E-state index in [0.717, 1.165) is 23.7 Å². The third kappa shape index (κ3) is 2.96. The number of fused-ring (bicyclic) bond motifs is 3. The smallest absolute Gasteiger partial charge is 0.0256 e. The van der Waals surface area contributed by atoms with Gasteiger partial charge < -0.3 is 0 Å². The zero-order chi connectivity index (χ0) is 24.8. The maximum atomic E-state index is 2.73. The molecule has 0 amide bonds. The van der Waals surface area contributed by atoms with E-state index in [1.54, 1.807) is 11.1 Å². The Labute approximate surface area is 222 Å². The third-order valence-corrected chi connectivity index (χ3v) is 11.4. The Balaban J connectivity index is 1.24. The van der Waals surface area contributed by atoms with Crippen LogP contribution in [0.25, 0.3) is 11.1 Å². The molecule has 1 atom stereocenters. The van der Waals surface area contributed by atoms with Crippen LogP contribution in [0.3, 0.4) is 0 Å². The SMILES string of the molecule is CC(C)(C1C=CC(C2(c3ccccc3)C3CC4CC(C3)CC2C4)=C1)C1c2ccccc2-c2ccccc21. The molecule has 1 unspecified atom stereocenters.